The van der Waals surface area contributed by atoms with E-state index < -0.39 is 34.1 Å². The van der Waals surface area contributed by atoms with Gasteiger partial charge in [-0.1, -0.05) is 35.9 Å². The molecule has 2 amide bonds. The standard InChI is InChI=1S/C31H38ClN3O5S2/c1-7-40-28-14-9-8-13-27(28)35(42(38,39)26-17-15-25(41-6)16-18-26)21-29(36)34(20-23-11-10-12-24(32)19-23)22(2)30(37)33-31(3,4)5/h8-19,22H,7,20-21H2,1-6H3,(H,33,37)/t22-/m1/s1. The van der Waals surface area contributed by atoms with E-state index in [0.29, 0.717) is 22.9 Å². The van der Waals surface area contributed by atoms with Crippen LogP contribution in [-0.4, -0.2) is 56.1 Å². The summed E-state index contributed by atoms with van der Waals surface area (Å²) in [5.74, 6) is -0.617. The fourth-order valence-corrected chi connectivity index (χ4v) is 6.26. The minimum Gasteiger partial charge on any atom is -0.492 e. The van der Waals surface area contributed by atoms with Crippen LogP contribution in [0.1, 0.15) is 40.2 Å². The van der Waals surface area contributed by atoms with Gasteiger partial charge < -0.3 is 15.0 Å². The molecule has 0 aliphatic rings. The lowest BCUT2D eigenvalue weighted by Gasteiger charge is -2.33. The van der Waals surface area contributed by atoms with Crippen LogP contribution in [0.4, 0.5) is 5.69 Å². The number of para-hydroxylation sites is 2. The van der Waals surface area contributed by atoms with E-state index in [0.717, 1.165) is 9.20 Å². The molecule has 0 bridgehead atoms. The number of halogens is 1. The fraction of sp³-hybridized carbons (Fsp3) is 0.355. The predicted octanol–water partition coefficient (Wildman–Crippen LogP) is 5.99. The second-order valence-corrected chi connectivity index (χ2v) is 13.8. The number of thioether (sulfide) groups is 1. The first kappa shape index (κ1) is 33.3. The quantitative estimate of drug-likeness (QED) is 0.247. The molecule has 1 atom stereocenters. The first-order valence-corrected chi connectivity index (χ1v) is 16.6. The van der Waals surface area contributed by atoms with Gasteiger partial charge in [-0.05, 0) is 95.0 Å². The van der Waals surface area contributed by atoms with Crippen LogP contribution in [0.15, 0.2) is 82.6 Å². The van der Waals surface area contributed by atoms with Crippen LogP contribution >= 0.6 is 23.4 Å². The van der Waals surface area contributed by atoms with Crippen molar-refractivity contribution in [2.24, 2.45) is 0 Å². The average Bonchev–Trinajstić information content (AvgIpc) is 2.94. The number of amides is 2. The molecule has 3 aromatic carbocycles. The molecule has 226 valence electrons. The number of nitrogens with zero attached hydrogens (tertiary/aromatic N) is 2. The fourth-order valence-electron chi connectivity index (χ4n) is 4.22. The number of hydrogen-bond donors (Lipinski definition) is 1. The Kier molecular flexibility index (Phi) is 11.3. The molecular formula is C31H38ClN3O5S2. The maximum atomic E-state index is 14.1. The molecule has 3 rings (SSSR count). The van der Waals surface area contributed by atoms with Crippen LogP contribution in [0.2, 0.25) is 5.02 Å². The second-order valence-electron chi connectivity index (χ2n) is 10.7. The minimum atomic E-state index is -4.23. The van der Waals surface area contributed by atoms with E-state index in [-0.39, 0.29) is 23.0 Å². The van der Waals surface area contributed by atoms with Crippen molar-refractivity contribution in [3.8, 4) is 5.75 Å². The van der Waals surface area contributed by atoms with Gasteiger partial charge in [0, 0.05) is 22.0 Å². The molecule has 0 heterocycles. The van der Waals surface area contributed by atoms with Gasteiger partial charge in [0.05, 0.1) is 17.2 Å². The third-order valence-electron chi connectivity index (χ3n) is 6.27. The molecule has 0 aromatic heterocycles. The largest absolute Gasteiger partial charge is 0.492 e. The van der Waals surface area contributed by atoms with Crippen LogP contribution < -0.4 is 14.4 Å². The van der Waals surface area contributed by atoms with Gasteiger partial charge in [0.25, 0.3) is 10.0 Å². The number of anilines is 1. The first-order valence-electron chi connectivity index (χ1n) is 13.5. The van der Waals surface area contributed by atoms with Gasteiger partial charge in [0.1, 0.15) is 18.3 Å². The Morgan fingerprint density at radius 1 is 1.02 bits per heavy atom. The maximum Gasteiger partial charge on any atom is 0.264 e. The Morgan fingerprint density at radius 3 is 2.29 bits per heavy atom. The summed E-state index contributed by atoms with van der Waals surface area (Å²) < 4.78 is 35.1. The van der Waals surface area contributed by atoms with Gasteiger partial charge in [-0.15, -0.1) is 11.8 Å². The molecular weight excluding hydrogens is 594 g/mol. The molecule has 0 saturated heterocycles. The molecule has 0 fully saturated rings. The third-order valence-corrected chi connectivity index (χ3v) is 9.02. The zero-order valence-corrected chi connectivity index (χ0v) is 27.1. The Bertz CT molecular complexity index is 1490. The van der Waals surface area contributed by atoms with E-state index in [1.54, 1.807) is 74.5 Å². The van der Waals surface area contributed by atoms with Crippen molar-refractivity contribution < 1.29 is 22.7 Å². The molecule has 0 saturated carbocycles. The summed E-state index contributed by atoms with van der Waals surface area (Å²) in [6.07, 6.45) is 1.90. The molecule has 11 heteroatoms. The number of hydrogen-bond acceptors (Lipinski definition) is 6. The molecule has 42 heavy (non-hydrogen) atoms. The van der Waals surface area contributed by atoms with Gasteiger partial charge in [0.15, 0.2) is 0 Å². The highest BCUT2D eigenvalue weighted by atomic mass is 35.5. The summed E-state index contributed by atoms with van der Waals surface area (Å²) in [4.78, 5) is 29.7. The van der Waals surface area contributed by atoms with Crippen LogP contribution in [0, 0.1) is 0 Å². The van der Waals surface area contributed by atoms with Crippen molar-refractivity contribution in [2.75, 3.05) is 23.7 Å². The van der Waals surface area contributed by atoms with E-state index >= 15 is 0 Å². The lowest BCUT2D eigenvalue weighted by molar-refractivity contribution is -0.140. The smallest absolute Gasteiger partial charge is 0.264 e. The summed E-state index contributed by atoms with van der Waals surface area (Å²) in [6.45, 7) is 8.74. The van der Waals surface area contributed by atoms with Crippen molar-refractivity contribution >= 4 is 50.9 Å². The van der Waals surface area contributed by atoms with Crippen LogP contribution in [0.25, 0.3) is 0 Å². The SMILES string of the molecule is CCOc1ccccc1N(CC(=O)N(Cc1cccc(Cl)c1)[C@H](C)C(=O)NC(C)(C)C)S(=O)(=O)c1ccc(SC)cc1. The first-order chi connectivity index (χ1) is 19.8. The zero-order valence-electron chi connectivity index (χ0n) is 24.8. The summed E-state index contributed by atoms with van der Waals surface area (Å²) in [6, 6.07) is 19.2. The summed E-state index contributed by atoms with van der Waals surface area (Å²) in [5.41, 5.74) is 0.379. The number of ether oxygens (including phenoxy) is 1. The van der Waals surface area contributed by atoms with E-state index in [1.807, 2.05) is 27.0 Å². The molecule has 0 radical (unpaired) electrons. The van der Waals surface area contributed by atoms with Crippen LogP contribution in [0.5, 0.6) is 5.75 Å². The van der Waals surface area contributed by atoms with E-state index in [2.05, 4.69) is 5.32 Å². The minimum absolute atomic E-state index is 0.0271. The van der Waals surface area contributed by atoms with Gasteiger partial charge in [-0.2, -0.15) is 0 Å². The normalized spacial score (nSPS) is 12.4. The molecule has 8 nitrogen and oxygen atoms in total. The highest BCUT2D eigenvalue weighted by Crippen LogP contribution is 2.33. The van der Waals surface area contributed by atoms with Gasteiger partial charge in [-0.25, -0.2) is 8.42 Å². The van der Waals surface area contributed by atoms with Crippen molar-refractivity contribution in [2.45, 2.75) is 62.5 Å². The molecule has 1 N–H and O–H groups in total. The van der Waals surface area contributed by atoms with E-state index in [4.69, 9.17) is 16.3 Å². The summed E-state index contributed by atoms with van der Waals surface area (Å²) in [7, 11) is -4.23. The van der Waals surface area contributed by atoms with Gasteiger partial charge >= 0.3 is 0 Å². The van der Waals surface area contributed by atoms with Crippen LogP contribution in [0.3, 0.4) is 0 Å². The molecule has 0 unspecified atom stereocenters. The highest BCUT2D eigenvalue weighted by molar-refractivity contribution is 7.98. The molecule has 0 spiro atoms. The number of benzene rings is 3. The van der Waals surface area contributed by atoms with Crippen molar-refractivity contribution in [3.05, 3.63) is 83.4 Å². The highest BCUT2D eigenvalue weighted by Gasteiger charge is 2.34. The average molecular weight is 632 g/mol. The molecule has 0 aliphatic carbocycles. The van der Waals surface area contributed by atoms with Gasteiger partial charge in [-0.3, -0.25) is 13.9 Å². The lowest BCUT2D eigenvalue weighted by Crippen LogP contribution is -2.54. The summed E-state index contributed by atoms with van der Waals surface area (Å²) in [5, 5.41) is 3.40. The molecule has 3 aromatic rings. The van der Waals surface area contributed by atoms with E-state index in [1.165, 1.54) is 28.8 Å². The third kappa shape index (κ3) is 8.65. The Hall–Kier alpha value is -3.21. The number of carbonyl (C=O) groups is 2. The second kappa shape index (κ2) is 14.3. The number of rotatable bonds is 12. The summed E-state index contributed by atoms with van der Waals surface area (Å²) >= 11 is 7.70. The Labute approximate surface area is 258 Å². The van der Waals surface area contributed by atoms with Crippen molar-refractivity contribution in [1.82, 2.24) is 10.2 Å². The lowest BCUT2D eigenvalue weighted by atomic mass is 10.1. The van der Waals surface area contributed by atoms with Crippen LogP contribution in [-0.2, 0) is 26.2 Å². The van der Waals surface area contributed by atoms with Crippen molar-refractivity contribution in [1.29, 1.82) is 0 Å². The topological polar surface area (TPSA) is 96.0 Å². The van der Waals surface area contributed by atoms with Gasteiger partial charge in [0.2, 0.25) is 11.8 Å². The van der Waals surface area contributed by atoms with Crippen molar-refractivity contribution in [3.63, 3.8) is 0 Å². The predicted molar refractivity (Wildman–Crippen MR) is 170 cm³/mol. The number of carbonyl (C=O) groups excluding carboxylic acids is 2. The number of nitrogens with one attached hydrogen (secondary N) is 1. The zero-order chi connectivity index (χ0) is 31.1. The number of sulfonamides is 1. The maximum absolute atomic E-state index is 14.1. The van der Waals surface area contributed by atoms with E-state index in [9.17, 15) is 18.0 Å². The monoisotopic (exact) mass is 631 g/mol. The molecule has 0 aliphatic heterocycles. The Morgan fingerprint density at radius 2 is 1.69 bits per heavy atom. The Balaban J connectivity index is 2.10.